The highest BCUT2D eigenvalue weighted by Gasteiger charge is 2.13. The molecule has 0 aliphatic heterocycles. The lowest BCUT2D eigenvalue weighted by Crippen LogP contribution is -2.11. The first-order chi connectivity index (χ1) is 9.10. The van der Waals surface area contributed by atoms with Crippen LogP contribution in [0.2, 0.25) is 0 Å². The molecule has 1 aromatic carbocycles. The molecule has 7 nitrogen and oxygen atoms in total. The van der Waals surface area contributed by atoms with Crippen molar-refractivity contribution in [3.63, 3.8) is 0 Å². The number of aryl methyl sites for hydroxylation is 1. The number of benzene rings is 1. The SMILES string of the molecule is CCNCc1nnc(-c2cc(C)cc([N+](=O)[O-])c2)o1. The average Bonchev–Trinajstić information content (AvgIpc) is 2.84. The molecule has 0 radical (unpaired) electrons. The number of hydrogen-bond donors (Lipinski definition) is 1. The van der Waals surface area contributed by atoms with Crippen LogP contribution in [0.1, 0.15) is 18.4 Å². The fourth-order valence-electron chi connectivity index (χ4n) is 1.67. The van der Waals surface area contributed by atoms with Crippen LogP contribution in [0.3, 0.4) is 0 Å². The molecular formula is C12H14N4O3. The Labute approximate surface area is 109 Å². The van der Waals surface area contributed by atoms with Crippen molar-refractivity contribution in [3.05, 3.63) is 39.8 Å². The predicted molar refractivity (Wildman–Crippen MR) is 68.5 cm³/mol. The Balaban J connectivity index is 2.30. The minimum Gasteiger partial charge on any atom is -0.419 e. The van der Waals surface area contributed by atoms with E-state index in [4.69, 9.17) is 4.42 Å². The molecule has 0 aliphatic carbocycles. The molecule has 1 heterocycles. The molecule has 1 N–H and O–H groups in total. The summed E-state index contributed by atoms with van der Waals surface area (Å²) in [6.45, 7) is 5.04. The summed E-state index contributed by atoms with van der Waals surface area (Å²) in [7, 11) is 0. The molecule has 0 aliphatic rings. The van der Waals surface area contributed by atoms with Gasteiger partial charge in [0, 0.05) is 17.7 Å². The smallest absolute Gasteiger partial charge is 0.270 e. The van der Waals surface area contributed by atoms with Crippen molar-refractivity contribution in [2.45, 2.75) is 20.4 Å². The van der Waals surface area contributed by atoms with Crippen molar-refractivity contribution >= 4 is 5.69 Å². The van der Waals surface area contributed by atoms with Crippen LogP contribution in [0.25, 0.3) is 11.5 Å². The van der Waals surface area contributed by atoms with Crippen molar-refractivity contribution < 1.29 is 9.34 Å². The summed E-state index contributed by atoms with van der Waals surface area (Å²) < 4.78 is 5.45. The second-order valence-electron chi connectivity index (χ2n) is 4.10. The van der Waals surface area contributed by atoms with E-state index in [1.807, 2.05) is 6.92 Å². The van der Waals surface area contributed by atoms with E-state index in [1.54, 1.807) is 13.0 Å². The van der Waals surface area contributed by atoms with Crippen molar-refractivity contribution in [3.8, 4) is 11.5 Å². The topological polar surface area (TPSA) is 94.1 Å². The lowest BCUT2D eigenvalue weighted by molar-refractivity contribution is -0.384. The third kappa shape index (κ3) is 3.14. The number of nitro benzene ring substituents is 1. The lowest BCUT2D eigenvalue weighted by atomic mass is 10.1. The molecule has 0 bridgehead atoms. The van der Waals surface area contributed by atoms with E-state index in [9.17, 15) is 10.1 Å². The van der Waals surface area contributed by atoms with E-state index < -0.39 is 4.92 Å². The molecule has 0 saturated heterocycles. The highest BCUT2D eigenvalue weighted by Crippen LogP contribution is 2.24. The Morgan fingerprint density at radius 1 is 1.37 bits per heavy atom. The Morgan fingerprint density at radius 3 is 2.84 bits per heavy atom. The van der Waals surface area contributed by atoms with Gasteiger partial charge in [0.05, 0.1) is 11.5 Å². The molecule has 1 aromatic heterocycles. The lowest BCUT2D eigenvalue weighted by Gasteiger charge is -1.98. The quantitative estimate of drug-likeness (QED) is 0.654. The Kier molecular flexibility index (Phi) is 3.86. The maximum atomic E-state index is 10.8. The number of non-ortho nitro benzene ring substituents is 1. The van der Waals surface area contributed by atoms with Gasteiger partial charge in [-0.15, -0.1) is 10.2 Å². The monoisotopic (exact) mass is 262 g/mol. The van der Waals surface area contributed by atoms with Crippen LogP contribution < -0.4 is 5.32 Å². The Bertz CT molecular complexity index is 594. The molecule has 19 heavy (non-hydrogen) atoms. The van der Waals surface area contributed by atoms with E-state index >= 15 is 0 Å². The number of nitrogens with one attached hydrogen (secondary N) is 1. The molecule has 0 unspecified atom stereocenters. The zero-order valence-electron chi connectivity index (χ0n) is 10.7. The zero-order chi connectivity index (χ0) is 13.8. The van der Waals surface area contributed by atoms with Gasteiger partial charge in [0.2, 0.25) is 11.8 Å². The van der Waals surface area contributed by atoms with Crippen molar-refractivity contribution in [2.75, 3.05) is 6.54 Å². The molecule has 0 spiro atoms. The van der Waals surface area contributed by atoms with E-state index in [0.29, 0.717) is 23.9 Å². The van der Waals surface area contributed by atoms with Gasteiger partial charge in [-0.2, -0.15) is 0 Å². The summed E-state index contributed by atoms with van der Waals surface area (Å²) in [4.78, 5) is 10.4. The first-order valence-corrected chi connectivity index (χ1v) is 5.89. The number of rotatable bonds is 5. The molecule has 0 saturated carbocycles. The number of hydrogen-bond acceptors (Lipinski definition) is 6. The second-order valence-corrected chi connectivity index (χ2v) is 4.10. The van der Waals surface area contributed by atoms with Crippen LogP contribution in [0, 0.1) is 17.0 Å². The number of aromatic nitrogens is 2. The minimum atomic E-state index is -0.438. The van der Waals surface area contributed by atoms with Gasteiger partial charge >= 0.3 is 0 Å². The number of nitrogens with zero attached hydrogens (tertiary/aromatic N) is 3. The van der Waals surface area contributed by atoms with Gasteiger partial charge in [0.1, 0.15) is 0 Å². The Hall–Kier alpha value is -2.28. The summed E-state index contributed by atoms with van der Waals surface area (Å²) in [5, 5.41) is 21.7. The standard InChI is InChI=1S/C12H14N4O3/c1-3-13-7-11-14-15-12(19-11)9-4-8(2)5-10(6-9)16(17)18/h4-6,13H,3,7H2,1-2H3. The zero-order valence-corrected chi connectivity index (χ0v) is 10.7. The van der Waals surface area contributed by atoms with Crippen LogP contribution in [0.4, 0.5) is 5.69 Å². The van der Waals surface area contributed by atoms with E-state index in [2.05, 4.69) is 15.5 Å². The van der Waals surface area contributed by atoms with Crippen LogP contribution >= 0.6 is 0 Å². The van der Waals surface area contributed by atoms with Crippen molar-refractivity contribution in [1.82, 2.24) is 15.5 Å². The van der Waals surface area contributed by atoms with E-state index in [0.717, 1.165) is 12.1 Å². The normalized spacial score (nSPS) is 10.6. The summed E-state index contributed by atoms with van der Waals surface area (Å²) in [6.07, 6.45) is 0. The molecule has 0 amide bonds. The maximum absolute atomic E-state index is 10.8. The van der Waals surface area contributed by atoms with E-state index in [-0.39, 0.29) is 5.69 Å². The molecular weight excluding hydrogens is 248 g/mol. The first-order valence-electron chi connectivity index (χ1n) is 5.89. The molecule has 2 rings (SSSR count). The van der Waals surface area contributed by atoms with Gasteiger partial charge in [0.15, 0.2) is 0 Å². The first kappa shape index (κ1) is 13.2. The Morgan fingerprint density at radius 2 is 2.16 bits per heavy atom. The highest BCUT2D eigenvalue weighted by atomic mass is 16.6. The van der Waals surface area contributed by atoms with Gasteiger partial charge < -0.3 is 9.73 Å². The van der Waals surface area contributed by atoms with Crippen molar-refractivity contribution in [2.24, 2.45) is 0 Å². The summed E-state index contributed by atoms with van der Waals surface area (Å²) >= 11 is 0. The van der Waals surface area contributed by atoms with Gasteiger partial charge in [0.25, 0.3) is 5.69 Å². The fraction of sp³-hybridized carbons (Fsp3) is 0.333. The largest absolute Gasteiger partial charge is 0.419 e. The summed E-state index contributed by atoms with van der Waals surface area (Å²) in [5.74, 6) is 0.751. The average molecular weight is 262 g/mol. The molecule has 100 valence electrons. The van der Waals surface area contributed by atoms with Crippen LogP contribution in [-0.2, 0) is 6.54 Å². The third-order valence-electron chi connectivity index (χ3n) is 2.51. The highest BCUT2D eigenvalue weighted by molar-refractivity contribution is 5.59. The van der Waals surface area contributed by atoms with Crippen LogP contribution in [-0.4, -0.2) is 21.7 Å². The van der Waals surface area contributed by atoms with Gasteiger partial charge in [-0.1, -0.05) is 6.92 Å². The minimum absolute atomic E-state index is 0.0152. The predicted octanol–water partition coefficient (Wildman–Crippen LogP) is 2.06. The maximum Gasteiger partial charge on any atom is 0.270 e. The van der Waals surface area contributed by atoms with Gasteiger partial charge in [-0.3, -0.25) is 10.1 Å². The third-order valence-corrected chi connectivity index (χ3v) is 2.51. The van der Waals surface area contributed by atoms with Crippen LogP contribution in [0.5, 0.6) is 0 Å². The molecule has 2 aromatic rings. The fourth-order valence-corrected chi connectivity index (χ4v) is 1.67. The van der Waals surface area contributed by atoms with Crippen LogP contribution in [0.15, 0.2) is 22.6 Å². The molecule has 0 atom stereocenters. The summed E-state index contributed by atoms with van der Waals surface area (Å²) in [6, 6.07) is 4.70. The van der Waals surface area contributed by atoms with E-state index in [1.165, 1.54) is 12.1 Å². The number of nitro groups is 1. The van der Waals surface area contributed by atoms with Crippen molar-refractivity contribution in [1.29, 1.82) is 0 Å². The summed E-state index contributed by atoms with van der Waals surface area (Å²) in [5.41, 5.74) is 1.35. The molecule has 0 fully saturated rings. The molecule has 7 heteroatoms. The second kappa shape index (κ2) is 5.57. The van der Waals surface area contributed by atoms with Gasteiger partial charge in [-0.25, -0.2) is 0 Å². The van der Waals surface area contributed by atoms with Gasteiger partial charge in [-0.05, 0) is 25.1 Å².